The summed E-state index contributed by atoms with van der Waals surface area (Å²) in [6, 6.07) is 10.7. The zero-order valence-electron chi connectivity index (χ0n) is 15.6. The highest BCUT2D eigenvalue weighted by molar-refractivity contribution is 6.31. The fraction of sp³-hybridized carbons (Fsp3) is 0.150. The van der Waals surface area contributed by atoms with E-state index in [-0.39, 0.29) is 5.91 Å². The average molecular weight is 399 g/mol. The summed E-state index contributed by atoms with van der Waals surface area (Å²) in [4.78, 5) is 20.9. The van der Waals surface area contributed by atoms with Gasteiger partial charge >= 0.3 is 0 Å². The summed E-state index contributed by atoms with van der Waals surface area (Å²) >= 11 is 6.09. The van der Waals surface area contributed by atoms with Crippen LogP contribution in [0.3, 0.4) is 0 Å². The number of aromatic nitrogens is 2. The van der Waals surface area contributed by atoms with Crippen molar-refractivity contribution in [3.8, 4) is 11.5 Å². The van der Waals surface area contributed by atoms with Gasteiger partial charge in [-0.25, -0.2) is 9.97 Å². The first-order chi connectivity index (χ1) is 13.5. The molecule has 1 aromatic heterocycles. The highest BCUT2D eigenvalue weighted by Gasteiger charge is 2.13. The van der Waals surface area contributed by atoms with Crippen LogP contribution in [0.2, 0.25) is 5.02 Å². The Hall–Kier alpha value is -3.32. The third-order valence-electron chi connectivity index (χ3n) is 3.99. The minimum Gasteiger partial charge on any atom is -0.497 e. The molecule has 0 unspecified atom stereocenters. The molecule has 3 rings (SSSR count). The van der Waals surface area contributed by atoms with Crippen molar-refractivity contribution in [1.82, 2.24) is 9.97 Å². The number of amides is 1. The largest absolute Gasteiger partial charge is 0.497 e. The lowest BCUT2D eigenvalue weighted by atomic mass is 10.2. The van der Waals surface area contributed by atoms with E-state index < -0.39 is 0 Å². The number of hydrogen-bond donors (Lipinski definition) is 2. The van der Waals surface area contributed by atoms with Gasteiger partial charge in [0.15, 0.2) is 0 Å². The maximum atomic E-state index is 12.5. The molecule has 144 valence electrons. The summed E-state index contributed by atoms with van der Waals surface area (Å²) in [6.45, 7) is 1.85. The van der Waals surface area contributed by atoms with E-state index in [9.17, 15) is 4.79 Å². The maximum absolute atomic E-state index is 12.5. The Balaban J connectivity index is 1.70. The number of anilines is 3. The van der Waals surface area contributed by atoms with Gasteiger partial charge in [0.2, 0.25) is 5.95 Å². The minimum atomic E-state index is -0.351. The molecule has 0 fully saturated rings. The highest BCUT2D eigenvalue weighted by atomic mass is 35.5. The SMILES string of the molecule is COc1ccc(Nc2ncc(C(=O)Nc3cc(C)c(Cl)cc3OC)cn2)cc1. The highest BCUT2D eigenvalue weighted by Crippen LogP contribution is 2.31. The minimum absolute atomic E-state index is 0.315. The van der Waals surface area contributed by atoms with Crippen molar-refractivity contribution in [2.24, 2.45) is 0 Å². The lowest BCUT2D eigenvalue weighted by molar-refractivity contribution is 0.102. The van der Waals surface area contributed by atoms with Crippen LogP contribution in [-0.4, -0.2) is 30.1 Å². The second kappa shape index (κ2) is 8.58. The van der Waals surface area contributed by atoms with Crippen molar-refractivity contribution in [2.75, 3.05) is 24.9 Å². The number of ether oxygens (including phenoxy) is 2. The molecule has 7 nitrogen and oxygen atoms in total. The first-order valence-corrected chi connectivity index (χ1v) is 8.76. The second-order valence-corrected chi connectivity index (χ2v) is 6.31. The molecule has 2 N–H and O–H groups in total. The third kappa shape index (κ3) is 4.50. The van der Waals surface area contributed by atoms with Gasteiger partial charge in [-0.2, -0.15) is 0 Å². The molecule has 0 aliphatic carbocycles. The zero-order chi connectivity index (χ0) is 20.1. The number of carbonyl (C=O) groups is 1. The molecule has 0 atom stereocenters. The monoisotopic (exact) mass is 398 g/mol. The number of rotatable bonds is 6. The van der Waals surface area contributed by atoms with Gasteiger partial charge in [0.05, 0.1) is 25.5 Å². The van der Waals surface area contributed by atoms with Crippen LogP contribution in [0.25, 0.3) is 0 Å². The van der Waals surface area contributed by atoms with Crippen molar-refractivity contribution in [2.45, 2.75) is 6.92 Å². The van der Waals surface area contributed by atoms with Crippen molar-refractivity contribution in [3.05, 3.63) is 64.9 Å². The smallest absolute Gasteiger partial charge is 0.258 e. The predicted octanol–water partition coefficient (Wildman–Crippen LogP) is 4.45. The van der Waals surface area contributed by atoms with E-state index in [1.54, 1.807) is 19.2 Å². The molecule has 1 heterocycles. The number of benzene rings is 2. The van der Waals surface area contributed by atoms with Gasteiger partial charge in [0.25, 0.3) is 5.91 Å². The van der Waals surface area contributed by atoms with Crippen LogP contribution in [-0.2, 0) is 0 Å². The molecule has 0 spiro atoms. The fourth-order valence-electron chi connectivity index (χ4n) is 2.44. The van der Waals surface area contributed by atoms with Crippen LogP contribution in [0.5, 0.6) is 11.5 Å². The molecule has 2 aromatic carbocycles. The standard InChI is InChI=1S/C20H19ClN4O3/c1-12-8-17(18(28-3)9-16(12)21)25-19(26)13-10-22-20(23-11-13)24-14-4-6-15(27-2)7-5-14/h4-11H,1-3H3,(H,25,26)(H,22,23,24). The quantitative estimate of drug-likeness (QED) is 0.638. The Morgan fingerprint density at radius 1 is 1.04 bits per heavy atom. The number of carbonyl (C=O) groups excluding carboxylic acids is 1. The summed E-state index contributed by atoms with van der Waals surface area (Å²) in [5.41, 5.74) is 2.47. The molecule has 28 heavy (non-hydrogen) atoms. The van der Waals surface area contributed by atoms with Crippen LogP contribution < -0.4 is 20.1 Å². The Morgan fingerprint density at radius 2 is 1.71 bits per heavy atom. The molecule has 0 aliphatic rings. The zero-order valence-corrected chi connectivity index (χ0v) is 16.4. The first-order valence-electron chi connectivity index (χ1n) is 8.38. The Kier molecular flexibility index (Phi) is 5.96. The first kappa shape index (κ1) is 19.4. The van der Waals surface area contributed by atoms with E-state index in [2.05, 4.69) is 20.6 Å². The lowest BCUT2D eigenvalue weighted by Gasteiger charge is -2.12. The van der Waals surface area contributed by atoms with Gasteiger partial charge in [-0.05, 0) is 42.8 Å². The normalized spacial score (nSPS) is 10.3. The summed E-state index contributed by atoms with van der Waals surface area (Å²) in [6.07, 6.45) is 2.90. The van der Waals surface area contributed by atoms with Crippen LogP contribution >= 0.6 is 11.6 Å². The van der Waals surface area contributed by atoms with Gasteiger partial charge in [0, 0.05) is 29.2 Å². The van der Waals surface area contributed by atoms with Gasteiger partial charge in [-0.3, -0.25) is 4.79 Å². The van der Waals surface area contributed by atoms with E-state index in [0.717, 1.165) is 17.0 Å². The second-order valence-electron chi connectivity index (χ2n) is 5.90. The Morgan fingerprint density at radius 3 is 2.32 bits per heavy atom. The van der Waals surface area contributed by atoms with Gasteiger partial charge < -0.3 is 20.1 Å². The molecule has 0 aliphatic heterocycles. The molecule has 0 bridgehead atoms. The van der Waals surface area contributed by atoms with Crippen molar-refractivity contribution in [3.63, 3.8) is 0 Å². The molecular weight excluding hydrogens is 380 g/mol. The lowest BCUT2D eigenvalue weighted by Crippen LogP contribution is -2.14. The Labute approximate surface area is 167 Å². The summed E-state index contributed by atoms with van der Waals surface area (Å²) in [5.74, 6) is 1.26. The average Bonchev–Trinajstić information content (AvgIpc) is 2.71. The summed E-state index contributed by atoms with van der Waals surface area (Å²) in [7, 11) is 3.12. The van der Waals surface area contributed by atoms with Crippen molar-refractivity contribution >= 4 is 34.8 Å². The van der Waals surface area contributed by atoms with E-state index in [1.807, 2.05) is 31.2 Å². The van der Waals surface area contributed by atoms with E-state index >= 15 is 0 Å². The Bertz CT molecular complexity index is 976. The van der Waals surface area contributed by atoms with Crippen LogP contribution in [0, 0.1) is 6.92 Å². The number of nitrogens with zero attached hydrogens (tertiary/aromatic N) is 2. The molecule has 0 radical (unpaired) electrons. The topological polar surface area (TPSA) is 85.4 Å². The number of methoxy groups -OCH3 is 2. The molecule has 3 aromatic rings. The van der Waals surface area contributed by atoms with Crippen LogP contribution in [0.1, 0.15) is 15.9 Å². The third-order valence-corrected chi connectivity index (χ3v) is 4.40. The summed E-state index contributed by atoms with van der Waals surface area (Å²) < 4.78 is 10.4. The molecule has 8 heteroatoms. The van der Waals surface area contributed by atoms with Crippen molar-refractivity contribution < 1.29 is 14.3 Å². The number of aryl methyl sites for hydroxylation is 1. The molecule has 0 saturated carbocycles. The van der Waals surface area contributed by atoms with Gasteiger partial charge in [0.1, 0.15) is 11.5 Å². The number of nitrogens with one attached hydrogen (secondary N) is 2. The predicted molar refractivity (Wildman–Crippen MR) is 109 cm³/mol. The molecule has 1 amide bonds. The van der Waals surface area contributed by atoms with E-state index in [0.29, 0.717) is 28.0 Å². The van der Waals surface area contributed by atoms with Gasteiger partial charge in [-0.15, -0.1) is 0 Å². The van der Waals surface area contributed by atoms with E-state index in [4.69, 9.17) is 21.1 Å². The molecular formula is C20H19ClN4O3. The maximum Gasteiger partial charge on any atom is 0.258 e. The van der Waals surface area contributed by atoms with Gasteiger partial charge in [-0.1, -0.05) is 11.6 Å². The molecule has 0 saturated heterocycles. The summed E-state index contributed by atoms with van der Waals surface area (Å²) in [5, 5.41) is 6.41. The van der Waals surface area contributed by atoms with Crippen LogP contribution in [0.4, 0.5) is 17.3 Å². The van der Waals surface area contributed by atoms with E-state index in [1.165, 1.54) is 19.5 Å². The fourth-order valence-corrected chi connectivity index (χ4v) is 2.59. The number of hydrogen-bond acceptors (Lipinski definition) is 6. The van der Waals surface area contributed by atoms with Crippen molar-refractivity contribution in [1.29, 1.82) is 0 Å². The number of halogens is 1. The van der Waals surface area contributed by atoms with Crippen LogP contribution in [0.15, 0.2) is 48.8 Å².